The number of amides is 7. The van der Waals surface area contributed by atoms with E-state index in [0.29, 0.717) is 6.42 Å². The van der Waals surface area contributed by atoms with Crippen LogP contribution in [0.2, 0.25) is 0 Å². The van der Waals surface area contributed by atoms with Gasteiger partial charge in [-0.3, -0.25) is 33.6 Å². The van der Waals surface area contributed by atoms with Crippen molar-refractivity contribution in [1.82, 2.24) is 47.4 Å². The number of hydrogen-bond acceptors (Lipinski definition) is 9. The summed E-state index contributed by atoms with van der Waals surface area (Å²) < 4.78 is 0. The molecule has 3 rings (SSSR count). The molecule has 0 radical (unpaired) electrons. The molecule has 0 spiro atoms. The van der Waals surface area contributed by atoms with Crippen LogP contribution in [0, 0.1) is 16.7 Å². The predicted molar refractivity (Wildman–Crippen MR) is 236 cm³/mol. The third-order valence-corrected chi connectivity index (χ3v) is 12.1. The van der Waals surface area contributed by atoms with Crippen LogP contribution < -0.4 is 42.5 Å². The van der Waals surface area contributed by atoms with Crippen molar-refractivity contribution < 1.29 is 33.6 Å². The molecule has 0 bridgehead atoms. The van der Waals surface area contributed by atoms with E-state index in [1.807, 2.05) is 74.4 Å². The number of hydrogen-bond donors (Lipinski definition) is 8. The number of likely N-dealkylation sites (N-methyl/N-ethyl adjacent to an activating group) is 2. The molecule has 0 saturated carbocycles. The number of nitrogens with zero attached hydrogens (tertiary/aromatic N) is 1. The summed E-state index contributed by atoms with van der Waals surface area (Å²) in [5.74, 6) is -2.86. The van der Waals surface area contributed by atoms with E-state index in [-0.39, 0.29) is 61.5 Å². The lowest BCUT2D eigenvalue weighted by molar-refractivity contribution is -0.144. The zero-order valence-corrected chi connectivity index (χ0v) is 38.8. The van der Waals surface area contributed by atoms with Crippen LogP contribution in [-0.4, -0.2) is 121 Å². The van der Waals surface area contributed by atoms with Crippen molar-refractivity contribution in [3.63, 3.8) is 0 Å². The number of benzene rings is 1. The number of carbonyl (C=O) groups excluding carboxylic acids is 7. The molecule has 8 N–H and O–H groups in total. The molecule has 9 atom stereocenters. The Morgan fingerprint density at radius 1 is 0.689 bits per heavy atom. The molecule has 1 aliphatic heterocycles. The van der Waals surface area contributed by atoms with Crippen molar-refractivity contribution in [3.8, 4) is 0 Å². The third kappa shape index (κ3) is 14.5. The molecule has 1 heterocycles. The van der Waals surface area contributed by atoms with Gasteiger partial charge in [-0.1, -0.05) is 79.7 Å². The summed E-state index contributed by atoms with van der Waals surface area (Å²) in [4.78, 5) is 97.3. The van der Waals surface area contributed by atoms with Gasteiger partial charge in [-0.15, -0.1) is 0 Å². The van der Waals surface area contributed by atoms with E-state index in [1.54, 1.807) is 27.9 Å². The summed E-state index contributed by atoms with van der Waals surface area (Å²) in [6.07, 6.45) is 2.05. The van der Waals surface area contributed by atoms with Crippen molar-refractivity contribution in [1.29, 1.82) is 0 Å². The maximum Gasteiger partial charge on any atom is 0.246 e. The lowest BCUT2D eigenvalue weighted by atomic mass is 9.85. The molecule has 16 nitrogen and oxygen atoms in total. The zero-order chi connectivity index (χ0) is 46.0. The van der Waals surface area contributed by atoms with Crippen LogP contribution in [0.5, 0.6) is 0 Å². The van der Waals surface area contributed by atoms with E-state index in [4.69, 9.17) is 0 Å². The summed E-state index contributed by atoms with van der Waals surface area (Å²) in [7, 11) is 3.26. The van der Waals surface area contributed by atoms with Gasteiger partial charge >= 0.3 is 0 Å². The molecule has 2 aliphatic rings. The standard InChI is InChI=1S/C45H75N9O7/c1-25(2)26(3)48-42(60)36(44(6,7)8)52-40(58)33(51-38(56)27(4)46-12)20-21-35(55)49-32-23-34(41(59)50-31-19-18-29-16-14-15-17-30(29)22-31)54(24-32)43(61)37(45(9,10)11)53-39(57)28(5)47-13/h14-17,25-28,31-34,36-37,46-47H,18-24H2,1-13H3,(H,48,60)(H,49,55)(H,50,59)(H,51,56)(H,52,58)(H,53,57). The van der Waals surface area contributed by atoms with Gasteiger partial charge in [0.1, 0.15) is 24.2 Å². The first-order chi connectivity index (χ1) is 28.4. The molecule has 1 aliphatic carbocycles. The lowest BCUT2D eigenvalue weighted by Gasteiger charge is -2.36. The van der Waals surface area contributed by atoms with Crippen molar-refractivity contribution >= 4 is 41.4 Å². The van der Waals surface area contributed by atoms with Gasteiger partial charge < -0.3 is 47.4 Å². The maximum atomic E-state index is 14.5. The van der Waals surface area contributed by atoms with Gasteiger partial charge in [-0.2, -0.15) is 0 Å². The van der Waals surface area contributed by atoms with Gasteiger partial charge in [-0.25, -0.2) is 0 Å². The second kappa shape index (κ2) is 22.0. The van der Waals surface area contributed by atoms with Crippen LogP contribution in [0.15, 0.2) is 24.3 Å². The van der Waals surface area contributed by atoms with Gasteiger partial charge in [0.05, 0.1) is 12.1 Å². The fourth-order valence-electron chi connectivity index (χ4n) is 7.43. The van der Waals surface area contributed by atoms with Gasteiger partial charge in [0.2, 0.25) is 41.4 Å². The smallest absolute Gasteiger partial charge is 0.246 e. The van der Waals surface area contributed by atoms with Crippen LogP contribution in [0.3, 0.4) is 0 Å². The first kappa shape index (κ1) is 50.8. The van der Waals surface area contributed by atoms with Crippen LogP contribution in [0.4, 0.5) is 0 Å². The molecule has 1 saturated heterocycles. The Labute approximate surface area is 363 Å². The Morgan fingerprint density at radius 2 is 1.25 bits per heavy atom. The molecule has 16 heteroatoms. The Morgan fingerprint density at radius 3 is 1.80 bits per heavy atom. The van der Waals surface area contributed by atoms with Crippen molar-refractivity contribution in [2.75, 3.05) is 20.6 Å². The molecule has 1 aromatic carbocycles. The average Bonchev–Trinajstić information content (AvgIpc) is 3.61. The maximum absolute atomic E-state index is 14.5. The van der Waals surface area contributed by atoms with Gasteiger partial charge in [0.15, 0.2) is 0 Å². The van der Waals surface area contributed by atoms with E-state index < -0.39 is 76.8 Å². The van der Waals surface area contributed by atoms with Crippen LogP contribution >= 0.6 is 0 Å². The van der Waals surface area contributed by atoms with E-state index in [0.717, 1.165) is 12.8 Å². The van der Waals surface area contributed by atoms with E-state index in [1.165, 1.54) is 16.0 Å². The third-order valence-electron chi connectivity index (χ3n) is 12.1. The number of nitrogens with one attached hydrogen (secondary N) is 8. The Kier molecular flexibility index (Phi) is 18.3. The van der Waals surface area contributed by atoms with Crippen molar-refractivity contribution in [2.24, 2.45) is 16.7 Å². The molecular weight excluding hydrogens is 779 g/mol. The number of carbonyl (C=O) groups is 7. The van der Waals surface area contributed by atoms with Gasteiger partial charge in [0.25, 0.3) is 0 Å². The second-order valence-corrected chi connectivity index (χ2v) is 19.5. The van der Waals surface area contributed by atoms with Crippen molar-refractivity contribution in [3.05, 3.63) is 35.4 Å². The number of fused-ring (bicyclic) bond motifs is 1. The van der Waals surface area contributed by atoms with Crippen molar-refractivity contribution in [2.45, 2.75) is 169 Å². The Balaban J connectivity index is 1.84. The van der Waals surface area contributed by atoms with E-state index >= 15 is 0 Å². The fourth-order valence-corrected chi connectivity index (χ4v) is 7.43. The molecular formula is C45H75N9O7. The SMILES string of the molecule is CNC(C)C(=O)NC(CCC(=O)NC1CC(C(=O)NC2CCc3ccccc3C2)N(C(=O)C(NC(=O)C(C)NC)C(C)(C)C)C1)C(=O)NC(C(=O)NC(C)C(C)C)C(C)(C)C. The minimum atomic E-state index is -1.16. The minimum absolute atomic E-state index is 0.0116. The highest BCUT2D eigenvalue weighted by atomic mass is 16.2. The molecule has 1 aromatic rings. The summed E-state index contributed by atoms with van der Waals surface area (Å²) >= 11 is 0. The summed E-state index contributed by atoms with van der Waals surface area (Å²) in [6, 6.07) is 1.99. The summed E-state index contributed by atoms with van der Waals surface area (Å²) in [5.41, 5.74) is 1.01. The van der Waals surface area contributed by atoms with Crippen LogP contribution in [0.1, 0.15) is 113 Å². The first-order valence-corrected chi connectivity index (χ1v) is 21.9. The molecule has 1 fully saturated rings. The Hall–Kier alpha value is -4.57. The lowest BCUT2D eigenvalue weighted by Crippen LogP contribution is -2.60. The highest BCUT2D eigenvalue weighted by Crippen LogP contribution is 2.28. The van der Waals surface area contributed by atoms with Gasteiger partial charge in [0, 0.05) is 31.1 Å². The first-order valence-electron chi connectivity index (χ1n) is 21.9. The number of rotatable bonds is 18. The molecule has 0 aromatic heterocycles. The summed E-state index contributed by atoms with van der Waals surface area (Å²) in [5, 5.41) is 23.4. The Bertz CT molecular complexity index is 1720. The fraction of sp³-hybridized carbons (Fsp3) is 0.711. The predicted octanol–water partition coefficient (Wildman–Crippen LogP) is 1.45. The minimum Gasteiger partial charge on any atom is -0.352 e. The highest BCUT2D eigenvalue weighted by Gasteiger charge is 2.46. The van der Waals surface area contributed by atoms with Crippen LogP contribution in [0.25, 0.3) is 0 Å². The monoisotopic (exact) mass is 854 g/mol. The topological polar surface area (TPSA) is 219 Å². The van der Waals surface area contributed by atoms with E-state index in [9.17, 15) is 33.6 Å². The quantitative estimate of drug-likeness (QED) is 0.107. The second-order valence-electron chi connectivity index (χ2n) is 19.5. The summed E-state index contributed by atoms with van der Waals surface area (Å²) in [6.45, 7) is 20.2. The van der Waals surface area contributed by atoms with Crippen LogP contribution in [-0.2, 0) is 46.4 Å². The molecule has 7 amide bonds. The van der Waals surface area contributed by atoms with E-state index in [2.05, 4.69) is 54.7 Å². The zero-order valence-electron chi connectivity index (χ0n) is 38.8. The largest absolute Gasteiger partial charge is 0.352 e. The normalized spacial score (nSPS) is 20.8. The number of aryl methyl sites for hydroxylation is 1. The number of likely N-dealkylation sites (tertiary alicyclic amines) is 1. The molecule has 61 heavy (non-hydrogen) atoms. The average molecular weight is 854 g/mol. The van der Waals surface area contributed by atoms with Gasteiger partial charge in [-0.05, 0) is 94.8 Å². The molecule has 342 valence electrons. The highest BCUT2D eigenvalue weighted by molar-refractivity contribution is 5.95. The molecule has 9 unspecified atom stereocenters.